The van der Waals surface area contributed by atoms with Gasteiger partial charge in [0.15, 0.2) is 0 Å². The molecule has 0 aliphatic rings. The van der Waals surface area contributed by atoms with Crippen molar-refractivity contribution in [2.45, 2.75) is 25.4 Å². The Morgan fingerprint density at radius 2 is 1.57 bits per heavy atom. The molecule has 0 bridgehead atoms. The molecule has 1 aromatic heterocycles. The number of hydrogen-bond acceptors (Lipinski definition) is 5. The molecule has 1 unspecified atom stereocenters. The van der Waals surface area contributed by atoms with Crippen LogP contribution in [0.5, 0.6) is 5.75 Å². The highest BCUT2D eigenvalue weighted by Gasteiger charge is 2.29. The van der Waals surface area contributed by atoms with Gasteiger partial charge in [0, 0.05) is 33.4 Å². The SMILES string of the molecule is C=CS(=O)(=O)NC(C)c1c(CCOc2ccc(C(=O)OC)cc2)c2cc(Cl)ccc2n1C(c1ccccc1)c1ccccc1. The van der Waals surface area contributed by atoms with Gasteiger partial charge in [0.1, 0.15) is 5.75 Å². The number of benzene rings is 4. The molecule has 0 saturated heterocycles. The zero-order valence-corrected chi connectivity index (χ0v) is 26.0. The minimum Gasteiger partial charge on any atom is -0.493 e. The molecule has 0 aliphatic carbocycles. The third-order valence-corrected chi connectivity index (χ3v) is 8.82. The number of carbonyl (C=O) groups is 1. The molecule has 7 nitrogen and oxygen atoms in total. The number of fused-ring (bicyclic) bond motifs is 1. The Bertz CT molecular complexity index is 1830. The normalized spacial score (nSPS) is 12.3. The number of nitrogens with one attached hydrogen (secondary N) is 1. The second kappa shape index (κ2) is 13.5. The van der Waals surface area contributed by atoms with Crippen molar-refractivity contribution in [2.75, 3.05) is 13.7 Å². The molecular weight excluding hydrogens is 596 g/mol. The van der Waals surface area contributed by atoms with Crippen molar-refractivity contribution in [3.05, 3.63) is 148 Å². The van der Waals surface area contributed by atoms with Gasteiger partial charge in [-0.25, -0.2) is 17.9 Å². The van der Waals surface area contributed by atoms with Crippen molar-refractivity contribution in [1.82, 2.24) is 9.29 Å². The lowest BCUT2D eigenvalue weighted by atomic mass is 9.97. The highest BCUT2D eigenvalue weighted by Crippen LogP contribution is 2.40. The van der Waals surface area contributed by atoms with Crippen molar-refractivity contribution < 1.29 is 22.7 Å². The van der Waals surface area contributed by atoms with Crippen LogP contribution in [0.4, 0.5) is 0 Å². The summed E-state index contributed by atoms with van der Waals surface area (Å²) in [5.41, 5.74) is 5.11. The smallest absolute Gasteiger partial charge is 0.337 e. The highest BCUT2D eigenvalue weighted by molar-refractivity contribution is 7.92. The number of esters is 1. The van der Waals surface area contributed by atoms with E-state index in [1.165, 1.54) is 7.11 Å². The van der Waals surface area contributed by atoms with Gasteiger partial charge >= 0.3 is 5.97 Å². The number of nitrogens with zero attached hydrogens (tertiary/aromatic N) is 1. The van der Waals surface area contributed by atoms with Gasteiger partial charge in [0.05, 0.1) is 31.4 Å². The summed E-state index contributed by atoms with van der Waals surface area (Å²) in [6.45, 7) is 5.61. The zero-order valence-electron chi connectivity index (χ0n) is 24.4. The summed E-state index contributed by atoms with van der Waals surface area (Å²) >= 11 is 6.55. The Morgan fingerprint density at radius 3 is 2.14 bits per heavy atom. The molecule has 5 aromatic rings. The maximum absolute atomic E-state index is 12.8. The van der Waals surface area contributed by atoms with Crippen molar-refractivity contribution in [2.24, 2.45) is 0 Å². The summed E-state index contributed by atoms with van der Waals surface area (Å²) in [5.74, 6) is 0.168. The molecule has 1 N–H and O–H groups in total. The fourth-order valence-electron chi connectivity index (χ4n) is 5.57. The van der Waals surface area contributed by atoms with Crippen LogP contribution in [-0.4, -0.2) is 32.7 Å². The lowest BCUT2D eigenvalue weighted by molar-refractivity contribution is 0.0600. The van der Waals surface area contributed by atoms with E-state index in [4.69, 9.17) is 21.1 Å². The number of hydrogen-bond donors (Lipinski definition) is 1. The van der Waals surface area contributed by atoms with Crippen LogP contribution in [0.3, 0.4) is 0 Å². The molecule has 44 heavy (non-hydrogen) atoms. The predicted octanol–water partition coefficient (Wildman–Crippen LogP) is 7.46. The van der Waals surface area contributed by atoms with E-state index < -0.39 is 22.0 Å². The van der Waals surface area contributed by atoms with Gasteiger partial charge in [-0.1, -0.05) is 78.8 Å². The first-order valence-corrected chi connectivity index (χ1v) is 16.0. The third kappa shape index (κ3) is 6.73. The standard InChI is InChI=1S/C35H33ClN2O5S/c1-4-44(40,41)37-24(2)33-30(21-22-43-29-18-15-27(16-19-29)35(39)42-3)31-23-28(36)17-20-32(31)38(33)34(25-11-7-5-8-12-25)26-13-9-6-10-14-26/h4-20,23-24,34,37H,1,21-22H2,2-3H3. The molecular formula is C35H33ClN2O5S. The Kier molecular flexibility index (Phi) is 9.54. The molecule has 9 heteroatoms. The van der Waals surface area contributed by atoms with Crippen molar-refractivity contribution in [3.63, 3.8) is 0 Å². The first-order valence-electron chi connectivity index (χ1n) is 14.1. The maximum atomic E-state index is 12.8. The average molecular weight is 629 g/mol. The van der Waals surface area contributed by atoms with Crippen LogP contribution in [-0.2, 0) is 21.2 Å². The van der Waals surface area contributed by atoms with Crippen molar-refractivity contribution in [3.8, 4) is 5.75 Å². The first-order chi connectivity index (χ1) is 21.2. The number of aromatic nitrogens is 1. The molecule has 0 saturated carbocycles. The largest absolute Gasteiger partial charge is 0.493 e. The molecule has 0 aliphatic heterocycles. The third-order valence-electron chi connectivity index (χ3n) is 7.47. The molecule has 4 aromatic carbocycles. The number of rotatable bonds is 12. The second-order valence-electron chi connectivity index (χ2n) is 10.3. The second-order valence-corrected chi connectivity index (χ2v) is 12.4. The summed E-state index contributed by atoms with van der Waals surface area (Å²) in [7, 11) is -2.44. The van der Waals surface area contributed by atoms with Gasteiger partial charge in [-0.05, 0) is 66.1 Å². The molecule has 0 fully saturated rings. The summed E-state index contributed by atoms with van der Waals surface area (Å²) < 4.78 is 41.4. The minimum atomic E-state index is -3.77. The lowest BCUT2D eigenvalue weighted by Crippen LogP contribution is -2.28. The molecule has 226 valence electrons. The highest BCUT2D eigenvalue weighted by atomic mass is 35.5. The Balaban J connectivity index is 1.66. The number of halogens is 1. The van der Waals surface area contributed by atoms with E-state index in [-0.39, 0.29) is 6.04 Å². The number of ether oxygens (including phenoxy) is 2. The fourth-order valence-corrected chi connectivity index (χ4v) is 6.44. The van der Waals surface area contributed by atoms with E-state index in [0.717, 1.165) is 38.7 Å². The first kappa shape index (κ1) is 31.1. The Hall–Kier alpha value is -4.37. The van der Waals surface area contributed by atoms with E-state index in [1.54, 1.807) is 24.3 Å². The minimum absolute atomic E-state index is 0.271. The number of carbonyl (C=O) groups excluding carboxylic acids is 1. The van der Waals surface area contributed by atoms with Crippen LogP contribution in [0, 0.1) is 0 Å². The Morgan fingerprint density at radius 1 is 0.955 bits per heavy atom. The summed E-state index contributed by atoms with van der Waals surface area (Å²) in [6.07, 6.45) is 0.453. The van der Waals surface area contributed by atoms with E-state index in [0.29, 0.717) is 29.4 Å². The molecule has 1 atom stereocenters. The van der Waals surface area contributed by atoms with Gasteiger partial charge in [-0.15, -0.1) is 0 Å². The van der Waals surface area contributed by atoms with E-state index in [1.807, 2.05) is 61.5 Å². The maximum Gasteiger partial charge on any atom is 0.337 e. The fraction of sp³-hybridized carbons (Fsp3) is 0.171. The van der Waals surface area contributed by atoms with Gasteiger partial charge in [-0.2, -0.15) is 0 Å². The van der Waals surface area contributed by atoms with Gasteiger partial charge in [0.2, 0.25) is 10.0 Å². The molecule has 5 rings (SSSR count). The van der Waals surface area contributed by atoms with Crippen LogP contribution < -0.4 is 9.46 Å². The topological polar surface area (TPSA) is 86.6 Å². The lowest BCUT2D eigenvalue weighted by Gasteiger charge is -2.27. The van der Waals surface area contributed by atoms with Gasteiger partial charge in [0.25, 0.3) is 0 Å². The monoisotopic (exact) mass is 628 g/mol. The molecule has 0 radical (unpaired) electrons. The van der Waals surface area contributed by atoms with E-state index in [2.05, 4.69) is 40.1 Å². The van der Waals surface area contributed by atoms with Crippen LogP contribution in [0.2, 0.25) is 5.02 Å². The van der Waals surface area contributed by atoms with Crippen molar-refractivity contribution in [1.29, 1.82) is 0 Å². The predicted molar refractivity (Wildman–Crippen MR) is 175 cm³/mol. The number of sulfonamides is 1. The summed E-state index contributed by atoms with van der Waals surface area (Å²) in [6, 6.07) is 31.8. The van der Waals surface area contributed by atoms with Gasteiger partial charge in [-0.3, -0.25) is 0 Å². The molecule has 1 heterocycles. The van der Waals surface area contributed by atoms with Crippen LogP contribution >= 0.6 is 11.6 Å². The quantitative estimate of drug-likeness (QED) is 0.145. The Labute approximate surface area is 262 Å². The van der Waals surface area contributed by atoms with Crippen LogP contribution in [0.15, 0.2) is 115 Å². The number of methoxy groups -OCH3 is 1. The summed E-state index contributed by atoms with van der Waals surface area (Å²) in [4.78, 5) is 11.8. The van der Waals surface area contributed by atoms with E-state index in [9.17, 15) is 13.2 Å². The van der Waals surface area contributed by atoms with Gasteiger partial charge < -0.3 is 14.0 Å². The summed E-state index contributed by atoms with van der Waals surface area (Å²) in [5, 5.41) is 2.38. The van der Waals surface area contributed by atoms with Crippen LogP contribution in [0.1, 0.15) is 51.7 Å². The van der Waals surface area contributed by atoms with Crippen molar-refractivity contribution >= 4 is 38.5 Å². The zero-order chi connectivity index (χ0) is 31.3. The average Bonchev–Trinajstić information content (AvgIpc) is 3.35. The molecule has 0 spiro atoms. The van der Waals surface area contributed by atoms with Crippen LogP contribution in [0.25, 0.3) is 10.9 Å². The molecule has 0 amide bonds. The van der Waals surface area contributed by atoms with E-state index >= 15 is 0 Å².